The highest BCUT2D eigenvalue weighted by Crippen LogP contribution is 2.34. The van der Waals surface area contributed by atoms with Crippen LogP contribution in [0.5, 0.6) is 0 Å². The van der Waals surface area contributed by atoms with Gasteiger partial charge in [0.05, 0.1) is 0 Å². The Morgan fingerprint density at radius 1 is 1.08 bits per heavy atom. The summed E-state index contributed by atoms with van der Waals surface area (Å²) in [4.78, 5) is 40.1. The number of amides is 3. The first-order chi connectivity index (χ1) is 11.4. The van der Waals surface area contributed by atoms with Gasteiger partial charge in [0.1, 0.15) is 0 Å². The van der Waals surface area contributed by atoms with Gasteiger partial charge < -0.3 is 10.2 Å². The van der Waals surface area contributed by atoms with Crippen molar-refractivity contribution in [3.63, 3.8) is 0 Å². The van der Waals surface area contributed by atoms with Crippen molar-refractivity contribution in [2.24, 2.45) is 0 Å². The molecule has 0 unspecified atom stereocenters. The zero-order valence-corrected chi connectivity index (χ0v) is 13.9. The number of hydrogen-bond acceptors (Lipinski definition) is 4. The van der Waals surface area contributed by atoms with Crippen LogP contribution in [0.2, 0.25) is 0 Å². The number of likely N-dealkylation sites (N-methyl/N-ethyl adjacent to an activating group) is 1. The molecule has 24 heavy (non-hydrogen) atoms. The lowest BCUT2D eigenvalue weighted by molar-refractivity contribution is -0.114. The fourth-order valence-corrected chi connectivity index (χ4v) is 2.95. The minimum absolute atomic E-state index is 0.197. The second kappa shape index (κ2) is 6.05. The van der Waals surface area contributed by atoms with E-state index in [2.05, 4.69) is 5.32 Å². The number of nitrogens with zero attached hydrogens (tertiary/aromatic N) is 2. The smallest absolute Gasteiger partial charge is 0.261 e. The number of imide groups is 1. The fraction of sp³-hybridized carbons (Fsp3) is 0.278. The molecule has 0 aliphatic carbocycles. The van der Waals surface area contributed by atoms with Gasteiger partial charge in [0.15, 0.2) is 0 Å². The van der Waals surface area contributed by atoms with Gasteiger partial charge in [-0.15, -0.1) is 0 Å². The van der Waals surface area contributed by atoms with Gasteiger partial charge in [-0.2, -0.15) is 0 Å². The normalized spacial score (nSPS) is 13.8. The SMILES string of the molecule is CC(=O)Nc1ccc2c3c(cccc13)C(=O)N(CCN(C)C)C2=O. The van der Waals surface area contributed by atoms with Gasteiger partial charge in [-0.3, -0.25) is 19.3 Å². The Kier molecular flexibility index (Phi) is 4.07. The molecule has 0 aromatic heterocycles. The van der Waals surface area contributed by atoms with E-state index < -0.39 is 0 Å². The van der Waals surface area contributed by atoms with Gasteiger partial charge in [-0.05, 0) is 32.3 Å². The van der Waals surface area contributed by atoms with E-state index in [0.717, 1.165) is 0 Å². The summed E-state index contributed by atoms with van der Waals surface area (Å²) in [6, 6.07) is 8.68. The van der Waals surface area contributed by atoms with Crippen molar-refractivity contribution >= 4 is 34.2 Å². The Morgan fingerprint density at radius 2 is 1.75 bits per heavy atom. The maximum Gasteiger partial charge on any atom is 0.261 e. The molecule has 2 aromatic rings. The van der Waals surface area contributed by atoms with Gasteiger partial charge in [-0.1, -0.05) is 12.1 Å². The number of nitrogens with one attached hydrogen (secondary N) is 1. The molecule has 1 aliphatic heterocycles. The van der Waals surface area contributed by atoms with Gasteiger partial charge in [-0.25, -0.2) is 0 Å². The minimum atomic E-state index is -0.292. The lowest BCUT2D eigenvalue weighted by Gasteiger charge is -2.28. The third-order valence-electron chi connectivity index (χ3n) is 4.07. The van der Waals surface area contributed by atoms with Crippen LogP contribution in [0.25, 0.3) is 10.8 Å². The molecule has 2 aromatic carbocycles. The molecule has 0 bridgehead atoms. The van der Waals surface area contributed by atoms with Crippen LogP contribution in [0, 0.1) is 0 Å². The van der Waals surface area contributed by atoms with Crippen LogP contribution in [-0.4, -0.2) is 54.7 Å². The van der Waals surface area contributed by atoms with Crippen LogP contribution in [0.4, 0.5) is 5.69 Å². The maximum atomic E-state index is 12.8. The molecule has 0 fully saturated rings. The zero-order chi connectivity index (χ0) is 17.4. The summed E-state index contributed by atoms with van der Waals surface area (Å²) in [5.74, 6) is -0.781. The molecule has 0 spiro atoms. The Bertz CT molecular complexity index is 836. The first kappa shape index (κ1) is 16.1. The average molecular weight is 325 g/mol. The summed E-state index contributed by atoms with van der Waals surface area (Å²) < 4.78 is 0. The predicted octanol–water partition coefficient (Wildman–Crippen LogP) is 1.96. The fourth-order valence-electron chi connectivity index (χ4n) is 2.95. The molecular weight excluding hydrogens is 306 g/mol. The maximum absolute atomic E-state index is 12.8. The number of benzene rings is 2. The van der Waals surface area contributed by atoms with E-state index in [1.54, 1.807) is 24.3 Å². The van der Waals surface area contributed by atoms with E-state index in [9.17, 15) is 14.4 Å². The second-order valence-electron chi connectivity index (χ2n) is 6.14. The number of rotatable bonds is 4. The molecule has 124 valence electrons. The van der Waals surface area contributed by atoms with E-state index in [0.29, 0.717) is 40.7 Å². The molecule has 0 saturated carbocycles. The topological polar surface area (TPSA) is 69.7 Å². The van der Waals surface area contributed by atoms with Gasteiger partial charge in [0.25, 0.3) is 11.8 Å². The molecular formula is C18H19N3O3. The number of hydrogen-bond donors (Lipinski definition) is 1. The molecule has 1 aliphatic rings. The molecule has 6 heteroatoms. The highest BCUT2D eigenvalue weighted by Gasteiger charge is 2.33. The highest BCUT2D eigenvalue weighted by molar-refractivity contribution is 6.27. The lowest BCUT2D eigenvalue weighted by atomic mass is 9.93. The molecule has 6 nitrogen and oxygen atoms in total. The van der Waals surface area contributed by atoms with E-state index in [4.69, 9.17) is 0 Å². The van der Waals surface area contributed by atoms with E-state index >= 15 is 0 Å². The predicted molar refractivity (Wildman–Crippen MR) is 92.2 cm³/mol. The molecule has 0 radical (unpaired) electrons. The van der Waals surface area contributed by atoms with Crippen molar-refractivity contribution in [3.05, 3.63) is 41.5 Å². The Morgan fingerprint density at radius 3 is 2.38 bits per heavy atom. The lowest BCUT2D eigenvalue weighted by Crippen LogP contribution is -2.43. The highest BCUT2D eigenvalue weighted by atomic mass is 16.2. The van der Waals surface area contributed by atoms with Crippen LogP contribution in [0.3, 0.4) is 0 Å². The van der Waals surface area contributed by atoms with Crippen LogP contribution in [0.15, 0.2) is 30.3 Å². The van der Waals surface area contributed by atoms with Crippen molar-refractivity contribution in [1.29, 1.82) is 0 Å². The first-order valence-corrected chi connectivity index (χ1v) is 7.74. The number of carbonyl (C=O) groups excluding carboxylic acids is 3. The Balaban J connectivity index is 2.13. The van der Waals surface area contributed by atoms with Crippen molar-refractivity contribution < 1.29 is 14.4 Å². The van der Waals surface area contributed by atoms with Gasteiger partial charge >= 0.3 is 0 Å². The second-order valence-corrected chi connectivity index (χ2v) is 6.14. The quantitative estimate of drug-likeness (QED) is 0.873. The van der Waals surface area contributed by atoms with Crippen LogP contribution >= 0.6 is 0 Å². The van der Waals surface area contributed by atoms with E-state index in [-0.39, 0.29) is 17.7 Å². The Hall–Kier alpha value is -2.73. The zero-order valence-electron chi connectivity index (χ0n) is 13.9. The largest absolute Gasteiger partial charge is 0.326 e. The Labute approximate surface area is 140 Å². The molecule has 0 atom stereocenters. The van der Waals surface area contributed by atoms with Gasteiger partial charge in [0.2, 0.25) is 5.91 Å². The molecule has 1 heterocycles. The molecule has 3 rings (SSSR count). The summed E-state index contributed by atoms with van der Waals surface area (Å²) in [6.45, 7) is 2.37. The summed E-state index contributed by atoms with van der Waals surface area (Å²) >= 11 is 0. The summed E-state index contributed by atoms with van der Waals surface area (Å²) in [6.07, 6.45) is 0. The monoisotopic (exact) mass is 325 g/mol. The van der Waals surface area contributed by atoms with E-state index in [1.165, 1.54) is 11.8 Å². The van der Waals surface area contributed by atoms with Crippen molar-refractivity contribution in [3.8, 4) is 0 Å². The standard InChI is InChI=1S/C18H19N3O3/c1-11(22)19-15-8-7-14-16-12(15)5-4-6-13(16)17(23)21(18(14)24)10-9-20(2)3/h4-8H,9-10H2,1-3H3,(H,19,22). The van der Waals surface area contributed by atoms with Gasteiger partial charge in [0, 0.05) is 47.6 Å². The first-order valence-electron chi connectivity index (χ1n) is 7.74. The number of anilines is 1. The summed E-state index contributed by atoms with van der Waals surface area (Å²) in [5.41, 5.74) is 1.59. The molecule has 1 N–H and O–H groups in total. The van der Waals surface area contributed by atoms with Crippen LogP contribution < -0.4 is 5.32 Å². The third-order valence-corrected chi connectivity index (χ3v) is 4.07. The molecule has 3 amide bonds. The molecule has 0 saturated heterocycles. The average Bonchev–Trinajstić information content (AvgIpc) is 2.52. The van der Waals surface area contributed by atoms with Crippen LogP contribution in [0.1, 0.15) is 27.6 Å². The van der Waals surface area contributed by atoms with E-state index in [1.807, 2.05) is 25.1 Å². The van der Waals surface area contributed by atoms with Crippen LogP contribution in [-0.2, 0) is 4.79 Å². The van der Waals surface area contributed by atoms with Crippen molar-refractivity contribution in [1.82, 2.24) is 9.80 Å². The summed E-state index contributed by atoms with van der Waals surface area (Å²) in [7, 11) is 3.79. The third kappa shape index (κ3) is 2.65. The van der Waals surface area contributed by atoms with Crippen molar-refractivity contribution in [2.75, 3.05) is 32.5 Å². The number of carbonyl (C=O) groups is 3. The van der Waals surface area contributed by atoms with Crippen molar-refractivity contribution in [2.45, 2.75) is 6.92 Å². The summed E-state index contributed by atoms with van der Waals surface area (Å²) in [5, 5.41) is 4.06. The minimum Gasteiger partial charge on any atom is -0.326 e.